The van der Waals surface area contributed by atoms with Gasteiger partial charge in [0.2, 0.25) is 5.91 Å². The lowest BCUT2D eigenvalue weighted by Crippen LogP contribution is -2.40. The van der Waals surface area contributed by atoms with E-state index in [-0.39, 0.29) is 18.1 Å². The van der Waals surface area contributed by atoms with E-state index in [4.69, 9.17) is 5.73 Å². The number of halogens is 1. The first kappa shape index (κ1) is 19.2. The van der Waals surface area contributed by atoms with E-state index in [1.165, 1.54) is 25.0 Å². The number of hydrogen-bond acceptors (Lipinski definition) is 3. The van der Waals surface area contributed by atoms with Gasteiger partial charge in [-0.1, -0.05) is 19.1 Å². The van der Waals surface area contributed by atoms with Crippen LogP contribution in [0.3, 0.4) is 0 Å². The Hall–Kier alpha value is -2.15. The molecule has 1 fully saturated rings. The average Bonchev–Trinajstić information content (AvgIpc) is 3.04. The first-order chi connectivity index (χ1) is 12.1. The van der Waals surface area contributed by atoms with Crippen LogP contribution in [0.2, 0.25) is 0 Å². The molecule has 0 aliphatic carbocycles. The molecule has 0 spiro atoms. The minimum Gasteiger partial charge on any atom is -0.370 e. The summed E-state index contributed by atoms with van der Waals surface area (Å²) in [6.45, 7) is 6.00. The molecule has 1 amide bonds. The molecule has 1 saturated heterocycles. The van der Waals surface area contributed by atoms with Gasteiger partial charge in [0.1, 0.15) is 5.82 Å². The van der Waals surface area contributed by atoms with Gasteiger partial charge in [0.25, 0.3) is 0 Å². The SMILES string of the molecule is CCN1CCCC1CN=C(N)NCCNC(=O)Cc1cccc(F)c1. The number of nitrogens with one attached hydrogen (secondary N) is 2. The molecule has 0 bridgehead atoms. The highest BCUT2D eigenvalue weighted by atomic mass is 19.1. The van der Waals surface area contributed by atoms with Crippen molar-refractivity contribution in [2.75, 3.05) is 32.7 Å². The van der Waals surface area contributed by atoms with Gasteiger partial charge < -0.3 is 16.4 Å². The average molecular weight is 349 g/mol. The molecule has 1 aliphatic rings. The second-order valence-corrected chi connectivity index (χ2v) is 6.23. The molecular weight excluding hydrogens is 321 g/mol. The summed E-state index contributed by atoms with van der Waals surface area (Å²) >= 11 is 0. The van der Waals surface area contributed by atoms with Crippen LogP contribution in [0, 0.1) is 5.82 Å². The summed E-state index contributed by atoms with van der Waals surface area (Å²) in [6.07, 6.45) is 2.55. The topological polar surface area (TPSA) is 82.8 Å². The van der Waals surface area contributed by atoms with Crippen LogP contribution in [0.5, 0.6) is 0 Å². The number of likely N-dealkylation sites (N-methyl/N-ethyl adjacent to an activating group) is 1. The van der Waals surface area contributed by atoms with E-state index in [1.807, 2.05) is 0 Å². The number of carbonyl (C=O) groups excluding carboxylic acids is 1. The summed E-state index contributed by atoms with van der Waals surface area (Å²) < 4.78 is 13.1. The molecule has 0 saturated carbocycles. The molecule has 0 aromatic heterocycles. The molecule has 1 aromatic carbocycles. The fraction of sp³-hybridized carbons (Fsp3) is 0.556. The lowest BCUT2D eigenvalue weighted by Gasteiger charge is -2.20. The van der Waals surface area contributed by atoms with Crippen LogP contribution in [0.25, 0.3) is 0 Å². The van der Waals surface area contributed by atoms with Crippen LogP contribution < -0.4 is 16.4 Å². The van der Waals surface area contributed by atoms with Gasteiger partial charge in [0.05, 0.1) is 13.0 Å². The van der Waals surface area contributed by atoms with Gasteiger partial charge in [0.15, 0.2) is 5.96 Å². The monoisotopic (exact) mass is 349 g/mol. The summed E-state index contributed by atoms with van der Waals surface area (Å²) in [5.74, 6) is -0.0744. The van der Waals surface area contributed by atoms with Crippen LogP contribution in [-0.4, -0.2) is 55.5 Å². The molecule has 1 unspecified atom stereocenters. The van der Waals surface area contributed by atoms with Crippen molar-refractivity contribution in [2.45, 2.75) is 32.2 Å². The van der Waals surface area contributed by atoms with E-state index in [0.29, 0.717) is 37.2 Å². The van der Waals surface area contributed by atoms with Crippen LogP contribution in [0.4, 0.5) is 4.39 Å². The first-order valence-electron chi connectivity index (χ1n) is 8.87. The first-order valence-corrected chi connectivity index (χ1v) is 8.87. The Balaban J connectivity index is 1.61. The third-order valence-electron chi connectivity index (χ3n) is 4.38. The number of benzene rings is 1. The molecule has 1 atom stereocenters. The quantitative estimate of drug-likeness (QED) is 0.370. The maximum atomic E-state index is 13.1. The number of likely N-dealkylation sites (tertiary alicyclic amines) is 1. The molecule has 2 rings (SSSR count). The van der Waals surface area contributed by atoms with Crippen LogP contribution in [0.15, 0.2) is 29.3 Å². The van der Waals surface area contributed by atoms with E-state index in [9.17, 15) is 9.18 Å². The van der Waals surface area contributed by atoms with E-state index in [2.05, 4.69) is 27.4 Å². The summed E-state index contributed by atoms with van der Waals surface area (Å²) in [4.78, 5) is 18.6. The number of nitrogens with two attached hydrogens (primary N) is 1. The molecule has 25 heavy (non-hydrogen) atoms. The van der Waals surface area contributed by atoms with Crippen molar-refractivity contribution in [3.63, 3.8) is 0 Å². The lowest BCUT2D eigenvalue weighted by molar-refractivity contribution is -0.120. The van der Waals surface area contributed by atoms with Crippen molar-refractivity contribution >= 4 is 11.9 Å². The number of amides is 1. The predicted molar refractivity (Wildman–Crippen MR) is 97.9 cm³/mol. The molecule has 1 aromatic rings. The Morgan fingerprint density at radius 1 is 1.40 bits per heavy atom. The fourth-order valence-corrected chi connectivity index (χ4v) is 3.07. The number of nitrogens with zero attached hydrogens (tertiary/aromatic N) is 2. The molecule has 4 N–H and O–H groups in total. The number of guanidine groups is 1. The third-order valence-corrected chi connectivity index (χ3v) is 4.38. The lowest BCUT2D eigenvalue weighted by atomic mass is 10.1. The molecular formula is C18H28FN5O. The maximum Gasteiger partial charge on any atom is 0.224 e. The second-order valence-electron chi connectivity index (χ2n) is 6.23. The van der Waals surface area contributed by atoms with Crippen molar-refractivity contribution in [3.8, 4) is 0 Å². The van der Waals surface area contributed by atoms with Crippen molar-refractivity contribution in [3.05, 3.63) is 35.6 Å². The molecule has 6 nitrogen and oxygen atoms in total. The Bertz CT molecular complexity index is 593. The molecule has 1 heterocycles. The smallest absolute Gasteiger partial charge is 0.224 e. The Labute approximate surface area is 148 Å². The highest BCUT2D eigenvalue weighted by Gasteiger charge is 2.22. The number of hydrogen-bond donors (Lipinski definition) is 3. The van der Waals surface area contributed by atoms with E-state index >= 15 is 0 Å². The number of carbonyl (C=O) groups is 1. The Morgan fingerprint density at radius 3 is 2.96 bits per heavy atom. The summed E-state index contributed by atoms with van der Waals surface area (Å²) in [6, 6.07) is 6.54. The van der Waals surface area contributed by atoms with Gasteiger partial charge in [-0.15, -0.1) is 0 Å². The van der Waals surface area contributed by atoms with Gasteiger partial charge in [0, 0.05) is 19.1 Å². The van der Waals surface area contributed by atoms with Gasteiger partial charge in [-0.05, 0) is 43.6 Å². The zero-order valence-electron chi connectivity index (χ0n) is 14.8. The van der Waals surface area contributed by atoms with Gasteiger partial charge in [-0.3, -0.25) is 14.7 Å². The van der Waals surface area contributed by atoms with E-state index in [1.54, 1.807) is 12.1 Å². The molecule has 138 valence electrons. The molecule has 7 heteroatoms. The predicted octanol–water partition coefficient (Wildman–Crippen LogP) is 0.873. The van der Waals surface area contributed by atoms with E-state index in [0.717, 1.165) is 13.1 Å². The molecule has 0 radical (unpaired) electrons. The minimum absolute atomic E-state index is 0.146. The van der Waals surface area contributed by atoms with Gasteiger partial charge in [-0.25, -0.2) is 4.39 Å². The zero-order valence-corrected chi connectivity index (χ0v) is 14.8. The highest BCUT2D eigenvalue weighted by Crippen LogP contribution is 2.16. The summed E-state index contributed by atoms with van der Waals surface area (Å²) in [5.41, 5.74) is 6.52. The fourth-order valence-electron chi connectivity index (χ4n) is 3.07. The second kappa shape index (κ2) is 9.98. The highest BCUT2D eigenvalue weighted by molar-refractivity contribution is 5.79. The largest absolute Gasteiger partial charge is 0.370 e. The third kappa shape index (κ3) is 6.70. The van der Waals surface area contributed by atoms with Crippen LogP contribution in [0.1, 0.15) is 25.3 Å². The van der Waals surface area contributed by atoms with E-state index < -0.39 is 0 Å². The van der Waals surface area contributed by atoms with Crippen LogP contribution in [-0.2, 0) is 11.2 Å². The standard InChI is InChI=1S/C18H28FN5O/c1-2-24-10-4-7-16(24)13-23-18(20)22-9-8-21-17(25)12-14-5-3-6-15(19)11-14/h3,5-6,11,16H,2,4,7-10,12-13H2,1H3,(H,21,25)(H3,20,22,23). The number of aliphatic imine (C=N–C) groups is 1. The van der Waals surface area contributed by atoms with Crippen molar-refractivity contribution in [1.29, 1.82) is 0 Å². The van der Waals surface area contributed by atoms with Crippen molar-refractivity contribution < 1.29 is 9.18 Å². The van der Waals surface area contributed by atoms with Crippen molar-refractivity contribution in [2.24, 2.45) is 10.7 Å². The van der Waals surface area contributed by atoms with Gasteiger partial charge >= 0.3 is 0 Å². The number of rotatable bonds is 8. The Morgan fingerprint density at radius 2 is 2.20 bits per heavy atom. The summed E-state index contributed by atoms with van der Waals surface area (Å²) in [7, 11) is 0. The Kier molecular flexibility index (Phi) is 7.66. The maximum absolute atomic E-state index is 13.1. The normalized spacial score (nSPS) is 18.3. The minimum atomic E-state index is -0.333. The van der Waals surface area contributed by atoms with Gasteiger partial charge in [-0.2, -0.15) is 0 Å². The summed E-state index contributed by atoms with van der Waals surface area (Å²) in [5, 5.41) is 5.78. The van der Waals surface area contributed by atoms with Crippen LogP contribution >= 0.6 is 0 Å². The zero-order chi connectivity index (χ0) is 18.1. The van der Waals surface area contributed by atoms with Crippen molar-refractivity contribution in [1.82, 2.24) is 15.5 Å². The molecule has 1 aliphatic heterocycles.